The monoisotopic (exact) mass is 327 g/mol. The fourth-order valence-electron chi connectivity index (χ4n) is 3.13. The van der Waals surface area contributed by atoms with Crippen molar-refractivity contribution in [1.29, 1.82) is 0 Å². The molecule has 1 aliphatic heterocycles. The smallest absolute Gasteiger partial charge is 0.223 e. The first-order valence-electron chi connectivity index (χ1n) is 8.00. The van der Waals surface area contributed by atoms with Crippen molar-refractivity contribution in [1.82, 2.24) is 20.0 Å². The maximum atomic E-state index is 13.4. The minimum absolute atomic E-state index is 0.257. The van der Waals surface area contributed by atoms with E-state index in [2.05, 4.69) is 24.9 Å². The molecule has 1 saturated heterocycles. The summed E-state index contributed by atoms with van der Waals surface area (Å²) < 4.78 is 18.4. The summed E-state index contributed by atoms with van der Waals surface area (Å²) in [4.78, 5) is 13.1. The Morgan fingerprint density at radius 1 is 1.17 bits per heavy atom. The molecule has 3 aromatic rings. The fraction of sp³-hybridized carbons (Fsp3) is 0.353. The molecule has 0 spiro atoms. The highest BCUT2D eigenvalue weighted by atomic mass is 19.1. The summed E-state index contributed by atoms with van der Waals surface area (Å²) in [6.45, 7) is 6.12. The molecule has 2 aromatic heterocycles. The number of aryl methyl sites for hydroxylation is 1. The average molecular weight is 327 g/mol. The number of piperazine rings is 1. The number of halogens is 1. The Morgan fingerprint density at radius 2 is 2.00 bits per heavy atom. The second-order valence-corrected chi connectivity index (χ2v) is 5.98. The number of pyridine rings is 1. The van der Waals surface area contributed by atoms with Crippen LogP contribution >= 0.6 is 0 Å². The molecule has 0 saturated carbocycles. The van der Waals surface area contributed by atoms with E-state index in [0.717, 1.165) is 43.1 Å². The van der Waals surface area contributed by atoms with Gasteiger partial charge in [0, 0.05) is 56.4 Å². The average Bonchev–Trinajstić information content (AvgIpc) is 3.00. The van der Waals surface area contributed by atoms with Crippen LogP contribution in [0.25, 0.3) is 10.9 Å². The van der Waals surface area contributed by atoms with Crippen LogP contribution < -0.4 is 4.90 Å². The van der Waals surface area contributed by atoms with E-state index in [-0.39, 0.29) is 5.82 Å². The lowest BCUT2D eigenvalue weighted by molar-refractivity contribution is 0.240. The topological polar surface area (TPSA) is 58.3 Å². The van der Waals surface area contributed by atoms with Crippen molar-refractivity contribution in [3.8, 4) is 0 Å². The summed E-state index contributed by atoms with van der Waals surface area (Å²) >= 11 is 0. The van der Waals surface area contributed by atoms with Gasteiger partial charge in [-0.1, -0.05) is 5.16 Å². The van der Waals surface area contributed by atoms with Crippen molar-refractivity contribution in [2.24, 2.45) is 0 Å². The Kier molecular flexibility index (Phi) is 3.86. The fourth-order valence-corrected chi connectivity index (χ4v) is 3.13. The van der Waals surface area contributed by atoms with Crippen LogP contribution in [0.3, 0.4) is 0 Å². The number of hydrogen-bond acceptors (Lipinski definition) is 6. The lowest BCUT2D eigenvalue weighted by Crippen LogP contribution is -2.46. The molecular formula is C17H18FN5O. The van der Waals surface area contributed by atoms with Gasteiger partial charge >= 0.3 is 0 Å². The minimum Gasteiger partial charge on any atom is -0.368 e. The Labute approximate surface area is 138 Å². The molecule has 1 aromatic carbocycles. The highest BCUT2D eigenvalue weighted by Gasteiger charge is 2.20. The van der Waals surface area contributed by atoms with Crippen molar-refractivity contribution in [3.63, 3.8) is 0 Å². The number of rotatable bonds is 3. The molecule has 124 valence electrons. The maximum Gasteiger partial charge on any atom is 0.223 e. The van der Waals surface area contributed by atoms with Gasteiger partial charge in [0.1, 0.15) is 5.82 Å². The summed E-state index contributed by atoms with van der Waals surface area (Å²) in [6.07, 6.45) is 1.74. The molecule has 6 nitrogen and oxygen atoms in total. The van der Waals surface area contributed by atoms with E-state index in [1.54, 1.807) is 13.1 Å². The molecule has 4 rings (SSSR count). The standard InChI is InChI=1S/C17H18FN5O/c1-12-20-17(21-24-12)11-22-6-8-23(9-7-22)16-4-5-19-15-10-13(18)2-3-14(15)16/h2-5,10H,6-9,11H2,1H3. The van der Waals surface area contributed by atoms with Crippen molar-refractivity contribution in [2.75, 3.05) is 31.1 Å². The zero-order valence-corrected chi connectivity index (χ0v) is 13.4. The molecule has 0 N–H and O–H groups in total. The van der Waals surface area contributed by atoms with Gasteiger partial charge in [0.25, 0.3) is 0 Å². The first kappa shape index (κ1) is 15.0. The van der Waals surface area contributed by atoms with Gasteiger partial charge in [-0.25, -0.2) is 4.39 Å². The first-order valence-corrected chi connectivity index (χ1v) is 8.00. The third-order valence-electron chi connectivity index (χ3n) is 4.33. The van der Waals surface area contributed by atoms with Gasteiger partial charge in [-0.05, 0) is 18.2 Å². The molecule has 1 aliphatic rings. The van der Waals surface area contributed by atoms with E-state index < -0.39 is 0 Å². The van der Waals surface area contributed by atoms with Gasteiger partial charge in [-0.3, -0.25) is 9.88 Å². The molecule has 0 unspecified atom stereocenters. The summed E-state index contributed by atoms with van der Waals surface area (Å²) in [5.41, 5.74) is 1.80. The van der Waals surface area contributed by atoms with Gasteiger partial charge in [0.15, 0.2) is 5.82 Å². The summed E-state index contributed by atoms with van der Waals surface area (Å²) in [6, 6.07) is 6.77. The van der Waals surface area contributed by atoms with Crippen molar-refractivity contribution < 1.29 is 8.91 Å². The molecule has 24 heavy (non-hydrogen) atoms. The Balaban J connectivity index is 1.48. The summed E-state index contributed by atoms with van der Waals surface area (Å²) in [5.74, 6) is 1.07. The second kappa shape index (κ2) is 6.16. The number of benzene rings is 1. The molecule has 7 heteroatoms. The molecule has 3 heterocycles. The van der Waals surface area contributed by atoms with Crippen LogP contribution in [0.2, 0.25) is 0 Å². The largest absolute Gasteiger partial charge is 0.368 e. The second-order valence-electron chi connectivity index (χ2n) is 5.98. The molecule has 0 aliphatic carbocycles. The molecule has 0 bridgehead atoms. The van der Waals surface area contributed by atoms with Crippen LogP contribution in [0.1, 0.15) is 11.7 Å². The minimum atomic E-state index is -0.257. The normalized spacial score (nSPS) is 16.0. The van der Waals surface area contributed by atoms with Gasteiger partial charge < -0.3 is 9.42 Å². The van der Waals surface area contributed by atoms with Gasteiger partial charge in [-0.2, -0.15) is 4.98 Å². The van der Waals surface area contributed by atoms with E-state index in [0.29, 0.717) is 18.0 Å². The Bertz CT molecular complexity index is 857. The van der Waals surface area contributed by atoms with Crippen LogP contribution in [0.4, 0.5) is 10.1 Å². The molecule has 0 amide bonds. The summed E-state index contributed by atoms with van der Waals surface area (Å²) in [7, 11) is 0. The number of hydrogen-bond donors (Lipinski definition) is 0. The third-order valence-corrected chi connectivity index (χ3v) is 4.33. The Hall–Kier alpha value is -2.54. The maximum absolute atomic E-state index is 13.4. The predicted molar refractivity (Wildman–Crippen MR) is 88.2 cm³/mol. The van der Waals surface area contributed by atoms with Crippen LogP contribution in [-0.2, 0) is 6.54 Å². The molecule has 1 fully saturated rings. The summed E-state index contributed by atoms with van der Waals surface area (Å²) in [5, 5.41) is 4.94. The van der Waals surface area contributed by atoms with Crippen molar-refractivity contribution in [2.45, 2.75) is 13.5 Å². The van der Waals surface area contributed by atoms with Gasteiger partial charge in [0.05, 0.1) is 12.1 Å². The van der Waals surface area contributed by atoms with E-state index in [4.69, 9.17) is 4.52 Å². The predicted octanol–water partition coefficient (Wildman–Crippen LogP) is 2.39. The van der Waals surface area contributed by atoms with E-state index in [1.165, 1.54) is 12.1 Å². The van der Waals surface area contributed by atoms with Crippen molar-refractivity contribution >= 4 is 16.6 Å². The molecular weight excluding hydrogens is 309 g/mol. The van der Waals surface area contributed by atoms with Crippen LogP contribution in [0, 0.1) is 12.7 Å². The van der Waals surface area contributed by atoms with Crippen LogP contribution in [0.15, 0.2) is 35.0 Å². The lowest BCUT2D eigenvalue weighted by Gasteiger charge is -2.36. The van der Waals surface area contributed by atoms with Crippen molar-refractivity contribution in [3.05, 3.63) is 48.0 Å². The number of aromatic nitrogens is 3. The first-order chi connectivity index (χ1) is 11.7. The Morgan fingerprint density at radius 3 is 2.75 bits per heavy atom. The lowest BCUT2D eigenvalue weighted by atomic mass is 10.1. The zero-order valence-electron chi connectivity index (χ0n) is 13.4. The number of fused-ring (bicyclic) bond motifs is 1. The van der Waals surface area contributed by atoms with Crippen LogP contribution in [-0.4, -0.2) is 46.2 Å². The van der Waals surface area contributed by atoms with E-state index in [9.17, 15) is 4.39 Å². The SMILES string of the molecule is Cc1nc(CN2CCN(c3ccnc4cc(F)ccc34)CC2)no1. The highest BCUT2D eigenvalue weighted by Crippen LogP contribution is 2.26. The molecule has 0 atom stereocenters. The molecule has 0 radical (unpaired) electrons. The van der Waals surface area contributed by atoms with E-state index >= 15 is 0 Å². The van der Waals surface area contributed by atoms with Crippen LogP contribution in [0.5, 0.6) is 0 Å². The quantitative estimate of drug-likeness (QED) is 0.736. The zero-order chi connectivity index (χ0) is 16.5. The van der Waals surface area contributed by atoms with Gasteiger partial charge in [-0.15, -0.1) is 0 Å². The number of nitrogens with zero attached hydrogens (tertiary/aromatic N) is 5. The number of anilines is 1. The highest BCUT2D eigenvalue weighted by molar-refractivity contribution is 5.91. The van der Waals surface area contributed by atoms with Gasteiger partial charge in [0.2, 0.25) is 5.89 Å². The van der Waals surface area contributed by atoms with E-state index in [1.807, 2.05) is 12.1 Å². The third kappa shape index (κ3) is 2.94.